The van der Waals surface area contributed by atoms with Gasteiger partial charge in [-0.2, -0.15) is 0 Å². The number of esters is 1. The predicted molar refractivity (Wildman–Crippen MR) is 106 cm³/mol. The monoisotopic (exact) mass is 439 g/mol. The van der Waals surface area contributed by atoms with Crippen molar-refractivity contribution in [2.45, 2.75) is 24.4 Å². The number of nitrogens with zero attached hydrogens (tertiary/aromatic N) is 3. The third-order valence-corrected chi connectivity index (χ3v) is 7.10. The molecule has 156 valence electrons. The van der Waals surface area contributed by atoms with Crippen molar-refractivity contribution in [1.29, 1.82) is 0 Å². The lowest BCUT2D eigenvalue weighted by Gasteiger charge is -2.23. The number of furan rings is 1. The molecule has 0 N–H and O–H groups in total. The van der Waals surface area contributed by atoms with Crippen molar-refractivity contribution < 1.29 is 27.2 Å². The van der Waals surface area contributed by atoms with Gasteiger partial charge in [0.2, 0.25) is 0 Å². The fraction of sp³-hybridized carbons (Fsp3) is 0.444. The molecule has 1 saturated heterocycles. The Bertz CT molecular complexity index is 1020. The molecule has 29 heavy (non-hydrogen) atoms. The summed E-state index contributed by atoms with van der Waals surface area (Å²) in [7, 11) is -1.60. The molecule has 1 amide bonds. The fourth-order valence-corrected chi connectivity index (χ4v) is 5.42. The number of aromatic nitrogens is 2. The van der Waals surface area contributed by atoms with E-state index >= 15 is 0 Å². The molecule has 0 saturated carbocycles. The van der Waals surface area contributed by atoms with Crippen LogP contribution in [0.3, 0.4) is 0 Å². The Kier molecular flexibility index (Phi) is 6.27. The fourth-order valence-electron chi connectivity index (χ4n) is 3.03. The lowest BCUT2D eigenvalue weighted by atomic mass is 10.2. The number of hydrogen-bond donors (Lipinski definition) is 0. The van der Waals surface area contributed by atoms with Crippen LogP contribution in [0.2, 0.25) is 0 Å². The van der Waals surface area contributed by atoms with Gasteiger partial charge in [0.05, 0.1) is 23.5 Å². The largest absolute Gasteiger partial charge is 0.461 e. The summed E-state index contributed by atoms with van der Waals surface area (Å²) in [5.41, 5.74) is 0.593. The third kappa shape index (κ3) is 4.78. The standard InChI is InChI=1S/C18H21N3O6S2/c1-11-15(17(28-3)20-16(19-11)13-5-4-7-26-13)18(23)27-9-14(22)21(2)12-6-8-29(24,25)10-12/h4-5,7,12H,6,8-10H2,1-3H3/t12-/m1/s1. The topological polar surface area (TPSA) is 120 Å². The van der Waals surface area contributed by atoms with E-state index in [9.17, 15) is 18.0 Å². The molecule has 1 aliphatic rings. The van der Waals surface area contributed by atoms with E-state index in [1.807, 2.05) is 0 Å². The van der Waals surface area contributed by atoms with Crippen LogP contribution in [-0.2, 0) is 19.4 Å². The Balaban J connectivity index is 1.70. The van der Waals surface area contributed by atoms with Crippen LogP contribution in [0.4, 0.5) is 0 Å². The second-order valence-electron chi connectivity index (χ2n) is 6.63. The first kappa shape index (κ1) is 21.3. The van der Waals surface area contributed by atoms with E-state index in [4.69, 9.17) is 9.15 Å². The van der Waals surface area contributed by atoms with Gasteiger partial charge >= 0.3 is 5.97 Å². The summed E-state index contributed by atoms with van der Waals surface area (Å²) in [6.45, 7) is 1.17. The summed E-state index contributed by atoms with van der Waals surface area (Å²) < 4.78 is 33.7. The molecule has 0 aliphatic carbocycles. The Morgan fingerprint density at radius 3 is 2.72 bits per heavy atom. The second-order valence-corrected chi connectivity index (χ2v) is 9.66. The van der Waals surface area contributed by atoms with Gasteiger partial charge in [-0.3, -0.25) is 4.79 Å². The SMILES string of the molecule is CSc1nc(-c2ccco2)nc(C)c1C(=O)OCC(=O)N(C)[C@@H]1CCS(=O)(=O)C1. The van der Waals surface area contributed by atoms with Crippen LogP contribution < -0.4 is 0 Å². The molecule has 1 atom stereocenters. The molecule has 2 aromatic rings. The summed E-state index contributed by atoms with van der Waals surface area (Å²) in [6, 6.07) is 3.03. The van der Waals surface area contributed by atoms with Gasteiger partial charge in [0.15, 0.2) is 28.0 Å². The Labute approximate surface area is 172 Å². The van der Waals surface area contributed by atoms with Crippen LogP contribution in [0.15, 0.2) is 27.8 Å². The average molecular weight is 440 g/mol. The second kappa shape index (κ2) is 8.54. The number of carbonyl (C=O) groups excluding carboxylic acids is 2. The van der Waals surface area contributed by atoms with Crippen molar-refractivity contribution in [1.82, 2.24) is 14.9 Å². The Hall–Kier alpha value is -2.40. The van der Waals surface area contributed by atoms with Gasteiger partial charge in [0, 0.05) is 13.1 Å². The molecule has 0 bridgehead atoms. The highest BCUT2D eigenvalue weighted by Gasteiger charge is 2.33. The van der Waals surface area contributed by atoms with Crippen molar-refractivity contribution in [3.05, 3.63) is 29.7 Å². The number of rotatable bonds is 6. The first-order chi connectivity index (χ1) is 13.7. The predicted octanol–water partition coefficient (Wildman–Crippen LogP) is 1.57. The molecule has 0 spiro atoms. The van der Waals surface area contributed by atoms with Crippen molar-refractivity contribution in [3.63, 3.8) is 0 Å². The van der Waals surface area contributed by atoms with Gasteiger partial charge in [-0.05, 0) is 31.7 Å². The molecule has 3 heterocycles. The van der Waals surface area contributed by atoms with Crippen molar-refractivity contribution in [2.75, 3.05) is 31.4 Å². The normalized spacial score (nSPS) is 17.8. The molecule has 2 aromatic heterocycles. The molecule has 1 fully saturated rings. The van der Waals surface area contributed by atoms with E-state index in [0.29, 0.717) is 28.7 Å². The molecule has 0 unspecified atom stereocenters. The van der Waals surface area contributed by atoms with Crippen molar-refractivity contribution >= 4 is 33.5 Å². The van der Waals surface area contributed by atoms with Crippen LogP contribution in [0.5, 0.6) is 0 Å². The highest BCUT2D eigenvalue weighted by Crippen LogP contribution is 2.26. The van der Waals surface area contributed by atoms with Crippen LogP contribution in [-0.4, -0.2) is 72.6 Å². The van der Waals surface area contributed by atoms with Crippen molar-refractivity contribution in [2.24, 2.45) is 0 Å². The zero-order valence-corrected chi connectivity index (χ0v) is 17.9. The first-order valence-electron chi connectivity index (χ1n) is 8.81. The van der Waals surface area contributed by atoms with E-state index in [1.165, 1.54) is 30.0 Å². The summed E-state index contributed by atoms with van der Waals surface area (Å²) in [5.74, 6) is -0.347. The number of sulfone groups is 1. The molecular weight excluding hydrogens is 418 g/mol. The third-order valence-electron chi connectivity index (χ3n) is 4.67. The number of amides is 1. The molecular formula is C18H21N3O6S2. The van der Waals surface area contributed by atoms with E-state index < -0.39 is 34.4 Å². The number of hydrogen-bond acceptors (Lipinski definition) is 9. The average Bonchev–Trinajstić information content (AvgIpc) is 3.34. The molecule has 9 nitrogen and oxygen atoms in total. The zero-order valence-electron chi connectivity index (χ0n) is 16.2. The Morgan fingerprint density at radius 2 is 2.14 bits per heavy atom. The summed E-state index contributed by atoms with van der Waals surface area (Å²) in [6.07, 6.45) is 3.66. The number of ether oxygens (including phenoxy) is 1. The minimum absolute atomic E-state index is 0.0602. The molecule has 1 aliphatic heterocycles. The molecule has 0 aromatic carbocycles. The van der Waals surface area contributed by atoms with Gasteiger partial charge < -0.3 is 14.1 Å². The molecule has 3 rings (SSSR count). The van der Waals surface area contributed by atoms with Crippen LogP contribution in [0.25, 0.3) is 11.6 Å². The van der Waals surface area contributed by atoms with Crippen LogP contribution in [0.1, 0.15) is 22.5 Å². The van der Waals surface area contributed by atoms with E-state index in [-0.39, 0.29) is 17.1 Å². The Morgan fingerprint density at radius 1 is 1.38 bits per heavy atom. The maximum Gasteiger partial charge on any atom is 0.343 e. The van der Waals surface area contributed by atoms with Gasteiger partial charge in [-0.1, -0.05) is 0 Å². The number of likely N-dealkylation sites (N-methyl/N-ethyl adjacent to an activating group) is 1. The number of thioether (sulfide) groups is 1. The molecule has 0 radical (unpaired) electrons. The lowest BCUT2D eigenvalue weighted by Crippen LogP contribution is -2.40. The maximum atomic E-state index is 12.6. The quantitative estimate of drug-likeness (QED) is 0.375. The van der Waals surface area contributed by atoms with E-state index in [1.54, 1.807) is 25.3 Å². The maximum absolute atomic E-state index is 12.6. The van der Waals surface area contributed by atoms with E-state index in [2.05, 4.69) is 9.97 Å². The van der Waals surface area contributed by atoms with Crippen LogP contribution >= 0.6 is 11.8 Å². The minimum atomic E-state index is -3.11. The van der Waals surface area contributed by atoms with Crippen LogP contribution in [0, 0.1) is 6.92 Å². The highest BCUT2D eigenvalue weighted by molar-refractivity contribution is 7.98. The molecule has 11 heteroatoms. The summed E-state index contributed by atoms with van der Waals surface area (Å²) in [4.78, 5) is 34.9. The summed E-state index contributed by atoms with van der Waals surface area (Å²) >= 11 is 1.25. The first-order valence-corrected chi connectivity index (χ1v) is 11.9. The lowest BCUT2D eigenvalue weighted by molar-refractivity contribution is -0.134. The van der Waals surface area contributed by atoms with Gasteiger partial charge in [-0.25, -0.2) is 23.2 Å². The summed E-state index contributed by atoms with van der Waals surface area (Å²) in [5, 5.41) is 0.414. The number of carbonyl (C=O) groups is 2. The smallest absolute Gasteiger partial charge is 0.343 e. The van der Waals surface area contributed by atoms with Gasteiger partial charge in [0.25, 0.3) is 5.91 Å². The zero-order chi connectivity index (χ0) is 21.2. The van der Waals surface area contributed by atoms with Crippen molar-refractivity contribution in [3.8, 4) is 11.6 Å². The number of aryl methyl sites for hydroxylation is 1. The minimum Gasteiger partial charge on any atom is -0.461 e. The van der Waals surface area contributed by atoms with Gasteiger partial charge in [0.1, 0.15) is 10.6 Å². The highest BCUT2D eigenvalue weighted by atomic mass is 32.2. The van der Waals surface area contributed by atoms with Gasteiger partial charge in [-0.15, -0.1) is 11.8 Å². The van der Waals surface area contributed by atoms with E-state index in [0.717, 1.165) is 0 Å².